The first kappa shape index (κ1) is 19.9. The largest absolute Gasteiger partial charge is 0.442 e. The van der Waals surface area contributed by atoms with E-state index in [-0.39, 0.29) is 12.5 Å². The lowest BCUT2D eigenvalue weighted by Crippen LogP contribution is -2.25. The van der Waals surface area contributed by atoms with Gasteiger partial charge in [0.1, 0.15) is 6.10 Å². The van der Waals surface area contributed by atoms with Gasteiger partial charge in [-0.15, -0.1) is 0 Å². The molecule has 2 amide bonds. The Morgan fingerprint density at radius 3 is 2.52 bits per heavy atom. The molecule has 0 bridgehead atoms. The standard InChI is InChI=1S/C22H22N4O3/c1-15(18-5-4-12-24-14-18)29-22(28)25-13-16-8-10-17(11-9-16)21(27)26-20-7-3-2-6-19(20)23/h2-12,14-15H,13,23H2,1H3,(H,25,28)(H,26,27). The van der Waals surface area contributed by atoms with E-state index in [0.29, 0.717) is 16.9 Å². The van der Waals surface area contributed by atoms with E-state index in [0.717, 1.165) is 11.1 Å². The second-order valence-electron chi connectivity index (χ2n) is 6.43. The monoisotopic (exact) mass is 390 g/mol. The number of benzene rings is 2. The van der Waals surface area contributed by atoms with Crippen molar-refractivity contribution in [1.82, 2.24) is 10.3 Å². The number of ether oxygens (including phenoxy) is 1. The van der Waals surface area contributed by atoms with Crippen LogP contribution in [0.15, 0.2) is 73.1 Å². The third-order valence-electron chi connectivity index (χ3n) is 4.30. The maximum atomic E-state index is 12.3. The van der Waals surface area contributed by atoms with Gasteiger partial charge in [-0.1, -0.05) is 30.3 Å². The van der Waals surface area contributed by atoms with Crippen molar-refractivity contribution < 1.29 is 14.3 Å². The van der Waals surface area contributed by atoms with Gasteiger partial charge in [0.2, 0.25) is 0 Å². The van der Waals surface area contributed by atoms with E-state index < -0.39 is 12.2 Å². The number of aromatic nitrogens is 1. The van der Waals surface area contributed by atoms with Crippen molar-refractivity contribution in [2.75, 3.05) is 11.1 Å². The molecule has 1 aromatic heterocycles. The Morgan fingerprint density at radius 2 is 1.83 bits per heavy atom. The van der Waals surface area contributed by atoms with Gasteiger partial charge < -0.3 is 21.1 Å². The Kier molecular flexibility index (Phi) is 6.42. The molecule has 29 heavy (non-hydrogen) atoms. The number of carbonyl (C=O) groups excluding carboxylic acids is 2. The highest BCUT2D eigenvalue weighted by atomic mass is 16.6. The van der Waals surface area contributed by atoms with Crippen LogP contribution in [0.5, 0.6) is 0 Å². The van der Waals surface area contributed by atoms with Crippen molar-refractivity contribution in [2.24, 2.45) is 0 Å². The minimum Gasteiger partial charge on any atom is -0.442 e. The molecule has 148 valence electrons. The summed E-state index contributed by atoms with van der Waals surface area (Å²) in [4.78, 5) is 28.3. The molecule has 0 radical (unpaired) electrons. The van der Waals surface area contributed by atoms with E-state index >= 15 is 0 Å². The van der Waals surface area contributed by atoms with Crippen LogP contribution in [0.25, 0.3) is 0 Å². The van der Waals surface area contributed by atoms with E-state index in [1.54, 1.807) is 73.9 Å². The van der Waals surface area contributed by atoms with Crippen molar-refractivity contribution in [3.8, 4) is 0 Å². The van der Waals surface area contributed by atoms with Crippen molar-refractivity contribution in [3.05, 3.63) is 89.7 Å². The fourth-order valence-electron chi connectivity index (χ4n) is 2.64. The van der Waals surface area contributed by atoms with Gasteiger partial charge in [0.05, 0.1) is 11.4 Å². The van der Waals surface area contributed by atoms with Crippen molar-refractivity contribution >= 4 is 23.4 Å². The summed E-state index contributed by atoms with van der Waals surface area (Å²) in [5.74, 6) is -0.257. The molecule has 0 aliphatic carbocycles. The molecule has 0 aliphatic rings. The van der Waals surface area contributed by atoms with Gasteiger partial charge in [0.15, 0.2) is 0 Å². The van der Waals surface area contributed by atoms with Gasteiger partial charge >= 0.3 is 6.09 Å². The Morgan fingerprint density at radius 1 is 1.07 bits per heavy atom. The number of hydrogen-bond donors (Lipinski definition) is 3. The van der Waals surface area contributed by atoms with Crippen molar-refractivity contribution in [2.45, 2.75) is 19.6 Å². The van der Waals surface area contributed by atoms with Crippen LogP contribution in [-0.4, -0.2) is 17.0 Å². The molecule has 4 N–H and O–H groups in total. The number of amides is 2. The molecule has 0 fully saturated rings. The van der Waals surface area contributed by atoms with Crippen LogP contribution < -0.4 is 16.4 Å². The number of nitrogens with zero attached hydrogens (tertiary/aromatic N) is 1. The summed E-state index contributed by atoms with van der Waals surface area (Å²) in [7, 11) is 0. The molecule has 1 atom stereocenters. The van der Waals surface area contributed by atoms with Gasteiger partial charge in [-0.25, -0.2) is 4.79 Å². The first-order valence-electron chi connectivity index (χ1n) is 9.12. The summed E-state index contributed by atoms with van der Waals surface area (Å²) in [5, 5.41) is 5.47. The molecular formula is C22H22N4O3. The highest BCUT2D eigenvalue weighted by Gasteiger charge is 2.12. The SMILES string of the molecule is CC(OC(=O)NCc1ccc(C(=O)Nc2ccccc2N)cc1)c1cccnc1. The van der Waals surface area contributed by atoms with Gasteiger partial charge in [-0.3, -0.25) is 9.78 Å². The van der Waals surface area contributed by atoms with Gasteiger partial charge in [-0.05, 0) is 42.8 Å². The van der Waals surface area contributed by atoms with Crippen LogP contribution in [0.1, 0.15) is 34.5 Å². The van der Waals surface area contributed by atoms with E-state index in [1.807, 2.05) is 6.07 Å². The molecule has 0 aliphatic heterocycles. The van der Waals surface area contributed by atoms with Gasteiger partial charge in [0.25, 0.3) is 5.91 Å². The highest BCUT2D eigenvalue weighted by molar-refractivity contribution is 6.05. The first-order valence-corrected chi connectivity index (χ1v) is 9.12. The zero-order chi connectivity index (χ0) is 20.6. The molecule has 0 saturated carbocycles. The lowest BCUT2D eigenvalue weighted by molar-refractivity contribution is 0.102. The van der Waals surface area contributed by atoms with Crippen LogP contribution in [0.4, 0.5) is 16.2 Å². The second-order valence-corrected chi connectivity index (χ2v) is 6.43. The number of rotatable bonds is 6. The van der Waals surface area contributed by atoms with Crippen LogP contribution >= 0.6 is 0 Å². The van der Waals surface area contributed by atoms with E-state index in [4.69, 9.17) is 10.5 Å². The number of nitrogens with one attached hydrogen (secondary N) is 2. The molecule has 3 aromatic rings. The molecule has 0 spiro atoms. The van der Waals surface area contributed by atoms with Gasteiger partial charge in [0, 0.05) is 30.1 Å². The highest BCUT2D eigenvalue weighted by Crippen LogP contribution is 2.18. The summed E-state index contributed by atoms with van der Waals surface area (Å²) >= 11 is 0. The van der Waals surface area contributed by atoms with E-state index in [1.165, 1.54) is 0 Å². The van der Waals surface area contributed by atoms with Crippen LogP contribution in [0, 0.1) is 0 Å². The van der Waals surface area contributed by atoms with Crippen molar-refractivity contribution in [1.29, 1.82) is 0 Å². The lowest BCUT2D eigenvalue weighted by atomic mass is 10.1. The number of nitrogens with two attached hydrogens (primary N) is 1. The molecule has 3 rings (SSSR count). The van der Waals surface area contributed by atoms with Crippen LogP contribution in [0.2, 0.25) is 0 Å². The average Bonchev–Trinajstić information content (AvgIpc) is 2.75. The quantitative estimate of drug-likeness (QED) is 0.554. The fourth-order valence-corrected chi connectivity index (χ4v) is 2.64. The van der Waals surface area contributed by atoms with Crippen LogP contribution in [0.3, 0.4) is 0 Å². The molecule has 7 nitrogen and oxygen atoms in total. The Bertz CT molecular complexity index is 975. The predicted octanol–water partition coefficient (Wildman–Crippen LogP) is 3.90. The Labute approximate surface area is 168 Å². The zero-order valence-electron chi connectivity index (χ0n) is 16.0. The number of hydrogen-bond acceptors (Lipinski definition) is 5. The molecule has 0 saturated heterocycles. The van der Waals surface area contributed by atoms with E-state index in [2.05, 4.69) is 15.6 Å². The molecular weight excluding hydrogens is 368 g/mol. The third kappa shape index (κ3) is 5.55. The average molecular weight is 390 g/mol. The smallest absolute Gasteiger partial charge is 0.408 e. The normalized spacial score (nSPS) is 11.3. The summed E-state index contributed by atoms with van der Waals surface area (Å²) in [6.45, 7) is 2.07. The maximum absolute atomic E-state index is 12.3. The summed E-state index contributed by atoms with van der Waals surface area (Å²) in [5.41, 5.74) is 9.05. The molecule has 2 aromatic carbocycles. The molecule has 1 unspecified atom stereocenters. The number of anilines is 2. The topological polar surface area (TPSA) is 106 Å². The molecule has 7 heteroatoms. The minimum atomic E-state index is -0.525. The minimum absolute atomic E-state index is 0.257. The number of para-hydroxylation sites is 2. The predicted molar refractivity (Wildman–Crippen MR) is 111 cm³/mol. The molecule has 1 heterocycles. The second kappa shape index (κ2) is 9.36. The Balaban J connectivity index is 1.50. The third-order valence-corrected chi connectivity index (χ3v) is 4.30. The van der Waals surface area contributed by atoms with Gasteiger partial charge in [-0.2, -0.15) is 0 Å². The van der Waals surface area contributed by atoms with Crippen molar-refractivity contribution in [3.63, 3.8) is 0 Å². The first-order chi connectivity index (χ1) is 14.0. The fraction of sp³-hybridized carbons (Fsp3) is 0.136. The number of nitrogen functional groups attached to an aromatic ring is 1. The Hall–Kier alpha value is -3.87. The summed E-state index contributed by atoms with van der Waals surface area (Å²) in [6.07, 6.45) is 2.39. The zero-order valence-corrected chi connectivity index (χ0v) is 16.0. The summed E-state index contributed by atoms with van der Waals surface area (Å²) in [6, 6.07) is 17.6. The van der Waals surface area contributed by atoms with Crippen LogP contribution in [-0.2, 0) is 11.3 Å². The number of alkyl carbamates (subject to hydrolysis) is 1. The number of carbonyl (C=O) groups is 2. The summed E-state index contributed by atoms with van der Waals surface area (Å²) < 4.78 is 5.33. The lowest BCUT2D eigenvalue weighted by Gasteiger charge is -2.14. The number of pyridine rings is 1. The van der Waals surface area contributed by atoms with E-state index in [9.17, 15) is 9.59 Å². The maximum Gasteiger partial charge on any atom is 0.408 e.